The predicted molar refractivity (Wildman–Crippen MR) is 103 cm³/mol. The molecular formula is C21H18Cl2FN. The number of rotatable bonds is 3. The average Bonchev–Trinajstić information content (AvgIpc) is 3.06. The lowest BCUT2D eigenvalue weighted by Gasteiger charge is -2.12. The van der Waals surface area contributed by atoms with Crippen LogP contribution < -0.4 is 0 Å². The molecule has 1 aliphatic rings. The Kier molecular flexibility index (Phi) is 5.41. The fraction of sp³-hybridized carbons (Fsp3) is 0.190. The van der Waals surface area contributed by atoms with Crippen LogP contribution in [0.25, 0.3) is 11.3 Å². The topological polar surface area (TPSA) is 12.9 Å². The van der Waals surface area contributed by atoms with Gasteiger partial charge in [0.05, 0.1) is 5.69 Å². The van der Waals surface area contributed by atoms with Crippen molar-refractivity contribution in [2.24, 2.45) is 0 Å². The molecule has 4 rings (SSSR count). The molecule has 0 aliphatic heterocycles. The number of benzene rings is 2. The van der Waals surface area contributed by atoms with Crippen LogP contribution in [0, 0.1) is 5.82 Å². The molecule has 0 fully saturated rings. The van der Waals surface area contributed by atoms with E-state index in [2.05, 4.69) is 6.07 Å². The molecule has 0 amide bonds. The van der Waals surface area contributed by atoms with Gasteiger partial charge in [-0.1, -0.05) is 35.9 Å². The van der Waals surface area contributed by atoms with Crippen LogP contribution >= 0.6 is 24.0 Å². The first-order chi connectivity index (χ1) is 11.7. The number of pyridine rings is 1. The molecular weight excluding hydrogens is 356 g/mol. The summed E-state index contributed by atoms with van der Waals surface area (Å²) in [7, 11) is 0. The molecule has 0 atom stereocenters. The van der Waals surface area contributed by atoms with Crippen molar-refractivity contribution in [2.45, 2.75) is 25.7 Å². The van der Waals surface area contributed by atoms with Gasteiger partial charge < -0.3 is 0 Å². The maximum atomic E-state index is 13.1. The van der Waals surface area contributed by atoms with Crippen LogP contribution in [0.15, 0.2) is 54.6 Å². The molecule has 0 spiro atoms. The van der Waals surface area contributed by atoms with Crippen LogP contribution in [0.4, 0.5) is 4.39 Å². The second-order valence-electron chi connectivity index (χ2n) is 6.26. The molecule has 1 aliphatic carbocycles. The lowest BCUT2D eigenvalue weighted by molar-refractivity contribution is 0.627. The van der Waals surface area contributed by atoms with E-state index in [0.717, 1.165) is 47.5 Å². The highest BCUT2D eigenvalue weighted by Crippen LogP contribution is 2.31. The minimum atomic E-state index is -0.196. The van der Waals surface area contributed by atoms with Gasteiger partial charge in [0, 0.05) is 16.3 Å². The Morgan fingerprint density at radius 1 is 1.00 bits per heavy atom. The fourth-order valence-electron chi connectivity index (χ4n) is 3.40. The number of hydrogen-bond donors (Lipinski definition) is 0. The van der Waals surface area contributed by atoms with Gasteiger partial charge in [0.1, 0.15) is 5.82 Å². The molecule has 4 heteroatoms. The molecule has 3 aromatic rings. The van der Waals surface area contributed by atoms with Gasteiger partial charge in [0.25, 0.3) is 0 Å². The summed E-state index contributed by atoms with van der Waals surface area (Å²) in [5.74, 6) is -0.196. The van der Waals surface area contributed by atoms with E-state index >= 15 is 0 Å². The Bertz CT molecular complexity index is 891. The quantitative estimate of drug-likeness (QED) is 0.544. The van der Waals surface area contributed by atoms with Crippen LogP contribution in [0.5, 0.6) is 0 Å². The minimum Gasteiger partial charge on any atom is -0.253 e. The standard InChI is InChI=1S/C21H17ClFN.ClH/c22-17-4-1-3-15(12-17)21-13-16(19-5-2-6-20(19)24-21)11-14-7-9-18(23)10-8-14;/h1,3-4,7-10,12-13H,2,5-6,11H2;1H. The first-order valence-electron chi connectivity index (χ1n) is 8.21. The smallest absolute Gasteiger partial charge is 0.123 e. The molecule has 0 radical (unpaired) electrons. The summed E-state index contributed by atoms with van der Waals surface area (Å²) < 4.78 is 13.1. The van der Waals surface area contributed by atoms with Crippen LogP contribution in [0.1, 0.15) is 28.8 Å². The number of nitrogens with zero attached hydrogens (tertiary/aromatic N) is 1. The van der Waals surface area contributed by atoms with E-state index in [-0.39, 0.29) is 18.2 Å². The van der Waals surface area contributed by atoms with Crippen molar-refractivity contribution < 1.29 is 4.39 Å². The Hall–Kier alpha value is -1.90. The highest BCUT2D eigenvalue weighted by atomic mass is 35.5. The third kappa shape index (κ3) is 3.86. The molecule has 0 unspecified atom stereocenters. The second-order valence-corrected chi connectivity index (χ2v) is 6.70. The highest BCUT2D eigenvalue weighted by Gasteiger charge is 2.18. The number of aryl methyl sites for hydroxylation is 1. The largest absolute Gasteiger partial charge is 0.253 e. The molecule has 128 valence electrons. The zero-order valence-corrected chi connectivity index (χ0v) is 15.2. The minimum absolute atomic E-state index is 0. The van der Waals surface area contributed by atoms with Crippen LogP contribution in [-0.4, -0.2) is 4.98 Å². The third-order valence-corrected chi connectivity index (χ3v) is 4.81. The molecule has 25 heavy (non-hydrogen) atoms. The van der Waals surface area contributed by atoms with Crippen molar-refractivity contribution in [1.82, 2.24) is 4.98 Å². The van der Waals surface area contributed by atoms with Crippen LogP contribution in [0.2, 0.25) is 5.02 Å². The summed E-state index contributed by atoms with van der Waals surface area (Å²) in [5, 5.41) is 0.717. The average molecular weight is 374 g/mol. The third-order valence-electron chi connectivity index (χ3n) is 4.57. The van der Waals surface area contributed by atoms with Crippen molar-refractivity contribution in [3.63, 3.8) is 0 Å². The van der Waals surface area contributed by atoms with E-state index in [4.69, 9.17) is 16.6 Å². The molecule has 0 saturated heterocycles. The predicted octanol–water partition coefficient (Wildman–Crippen LogP) is 6.04. The monoisotopic (exact) mass is 373 g/mol. The van der Waals surface area contributed by atoms with Gasteiger partial charge in [-0.3, -0.25) is 4.98 Å². The van der Waals surface area contributed by atoms with E-state index < -0.39 is 0 Å². The molecule has 1 nitrogen and oxygen atoms in total. The number of hydrogen-bond acceptors (Lipinski definition) is 1. The van der Waals surface area contributed by atoms with Crippen LogP contribution in [0.3, 0.4) is 0 Å². The number of aromatic nitrogens is 1. The lowest BCUT2D eigenvalue weighted by atomic mass is 9.97. The Labute approximate surface area is 158 Å². The van der Waals surface area contributed by atoms with Crippen LogP contribution in [-0.2, 0) is 19.3 Å². The fourth-order valence-corrected chi connectivity index (χ4v) is 3.59. The Morgan fingerprint density at radius 2 is 1.80 bits per heavy atom. The zero-order valence-electron chi connectivity index (χ0n) is 13.6. The van der Waals surface area contributed by atoms with Gasteiger partial charge in [-0.25, -0.2) is 4.39 Å². The van der Waals surface area contributed by atoms with E-state index in [1.807, 2.05) is 36.4 Å². The van der Waals surface area contributed by atoms with E-state index in [1.165, 1.54) is 29.0 Å². The summed E-state index contributed by atoms with van der Waals surface area (Å²) in [5.41, 5.74) is 6.98. The summed E-state index contributed by atoms with van der Waals surface area (Å²) in [4.78, 5) is 4.86. The van der Waals surface area contributed by atoms with E-state index in [9.17, 15) is 4.39 Å². The molecule has 1 aromatic heterocycles. The van der Waals surface area contributed by atoms with Crippen molar-refractivity contribution in [3.05, 3.63) is 87.8 Å². The maximum absolute atomic E-state index is 13.1. The second kappa shape index (κ2) is 7.55. The van der Waals surface area contributed by atoms with Gasteiger partial charge in [0.2, 0.25) is 0 Å². The van der Waals surface area contributed by atoms with Crippen molar-refractivity contribution in [3.8, 4) is 11.3 Å². The SMILES string of the molecule is Cl.Fc1ccc(Cc2cc(-c3cccc(Cl)c3)nc3c2CCC3)cc1. The summed E-state index contributed by atoms with van der Waals surface area (Å²) >= 11 is 6.13. The molecule has 0 saturated carbocycles. The van der Waals surface area contributed by atoms with Gasteiger partial charge in [-0.15, -0.1) is 12.4 Å². The van der Waals surface area contributed by atoms with Gasteiger partial charge >= 0.3 is 0 Å². The molecule has 1 heterocycles. The van der Waals surface area contributed by atoms with Gasteiger partial charge in [-0.05, 0) is 72.7 Å². The van der Waals surface area contributed by atoms with Crippen molar-refractivity contribution in [2.75, 3.05) is 0 Å². The Balaban J connectivity index is 0.00000182. The lowest BCUT2D eigenvalue weighted by Crippen LogP contribution is -2.00. The van der Waals surface area contributed by atoms with E-state index in [0.29, 0.717) is 0 Å². The molecule has 2 aromatic carbocycles. The normalized spacial score (nSPS) is 12.6. The first-order valence-corrected chi connectivity index (χ1v) is 8.59. The first kappa shape index (κ1) is 17.9. The zero-order chi connectivity index (χ0) is 16.5. The molecule has 0 bridgehead atoms. The summed E-state index contributed by atoms with van der Waals surface area (Å²) in [6.07, 6.45) is 4.06. The summed E-state index contributed by atoms with van der Waals surface area (Å²) in [6.45, 7) is 0. The van der Waals surface area contributed by atoms with Crippen molar-refractivity contribution >= 4 is 24.0 Å². The number of halogens is 3. The summed E-state index contributed by atoms with van der Waals surface area (Å²) in [6, 6.07) is 16.7. The van der Waals surface area contributed by atoms with E-state index in [1.54, 1.807) is 0 Å². The van der Waals surface area contributed by atoms with Gasteiger partial charge in [0.15, 0.2) is 0 Å². The van der Waals surface area contributed by atoms with Gasteiger partial charge in [-0.2, -0.15) is 0 Å². The molecule has 0 N–H and O–H groups in total. The Morgan fingerprint density at radius 3 is 2.56 bits per heavy atom. The highest BCUT2D eigenvalue weighted by molar-refractivity contribution is 6.30. The number of fused-ring (bicyclic) bond motifs is 1. The maximum Gasteiger partial charge on any atom is 0.123 e. The van der Waals surface area contributed by atoms with Crippen molar-refractivity contribution in [1.29, 1.82) is 0 Å².